The molecule has 1 unspecified atom stereocenters. The molecule has 1 aliphatic heterocycles. The van der Waals surface area contributed by atoms with Crippen LogP contribution in [-0.2, 0) is 29.0 Å². The monoisotopic (exact) mass is 476 g/mol. The Morgan fingerprint density at radius 3 is 2.91 bits per heavy atom. The molecule has 2 amide bonds. The van der Waals surface area contributed by atoms with E-state index in [0.717, 1.165) is 34.0 Å². The first kappa shape index (κ1) is 22.2. The van der Waals surface area contributed by atoms with Crippen molar-refractivity contribution in [2.75, 3.05) is 6.61 Å². The number of nitrogens with one attached hydrogen (secondary N) is 2. The van der Waals surface area contributed by atoms with Gasteiger partial charge in [-0.2, -0.15) is 5.10 Å². The lowest BCUT2D eigenvalue weighted by atomic mass is 9.99. The second-order valence-corrected chi connectivity index (χ2v) is 9.05. The number of fused-ring (bicyclic) bond motifs is 3. The average Bonchev–Trinajstić information content (AvgIpc) is 3.31. The highest BCUT2D eigenvalue weighted by Crippen LogP contribution is 2.32. The SMILES string of the molecule is O=C(N[C@@H]1Cc2cc(Cl)c3[nH]ncc3c2CN(Cc2ccccc2)C1=O)OCC1C=CC=CC1. The number of ether oxygens (including phenoxy) is 1. The fraction of sp³-hybridized carbons (Fsp3) is 0.269. The zero-order valence-electron chi connectivity index (χ0n) is 18.5. The van der Waals surface area contributed by atoms with Crippen LogP contribution in [0.4, 0.5) is 4.79 Å². The first-order chi connectivity index (χ1) is 16.6. The minimum Gasteiger partial charge on any atom is -0.449 e. The molecule has 2 heterocycles. The molecule has 2 atom stereocenters. The van der Waals surface area contributed by atoms with E-state index in [2.05, 4.69) is 15.5 Å². The van der Waals surface area contributed by atoms with Crippen LogP contribution >= 0.6 is 11.6 Å². The summed E-state index contributed by atoms with van der Waals surface area (Å²) in [6.45, 7) is 1.08. The van der Waals surface area contributed by atoms with Crippen LogP contribution in [0.25, 0.3) is 10.9 Å². The van der Waals surface area contributed by atoms with Crippen LogP contribution in [0.2, 0.25) is 5.02 Å². The predicted molar refractivity (Wildman–Crippen MR) is 130 cm³/mol. The van der Waals surface area contributed by atoms with Crippen molar-refractivity contribution in [1.29, 1.82) is 0 Å². The van der Waals surface area contributed by atoms with E-state index < -0.39 is 12.1 Å². The van der Waals surface area contributed by atoms with Gasteiger partial charge in [-0.25, -0.2) is 4.79 Å². The number of aromatic nitrogens is 2. The van der Waals surface area contributed by atoms with Gasteiger partial charge in [0, 0.05) is 30.8 Å². The molecular formula is C26H25ClN4O3. The number of carbonyl (C=O) groups is 2. The van der Waals surface area contributed by atoms with Crippen LogP contribution in [0.1, 0.15) is 23.1 Å². The molecule has 0 saturated carbocycles. The maximum absolute atomic E-state index is 13.6. The second kappa shape index (κ2) is 9.73. The van der Waals surface area contributed by atoms with Crippen molar-refractivity contribution in [3.63, 3.8) is 0 Å². The molecule has 7 nitrogen and oxygen atoms in total. The van der Waals surface area contributed by atoms with Crippen molar-refractivity contribution in [2.45, 2.75) is 32.0 Å². The van der Waals surface area contributed by atoms with Crippen LogP contribution in [0.3, 0.4) is 0 Å². The van der Waals surface area contributed by atoms with E-state index >= 15 is 0 Å². The van der Waals surface area contributed by atoms with Gasteiger partial charge in [-0.3, -0.25) is 9.89 Å². The number of carbonyl (C=O) groups excluding carboxylic acids is 2. The van der Waals surface area contributed by atoms with Gasteiger partial charge < -0.3 is 15.0 Å². The van der Waals surface area contributed by atoms with Gasteiger partial charge in [0.1, 0.15) is 6.04 Å². The summed E-state index contributed by atoms with van der Waals surface area (Å²) in [6.07, 6.45) is 10.3. The van der Waals surface area contributed by atoms with Crippen LogP contribution in [0, 0.1) is 5.92 Å². The molecule has 174 valence electrons. The molecule has 2 aromatic carbocycles. The Hall–Kier alpha value is -3.58. The van der Waals surface area contributed by atoms with Crippen LogP contribution in [0.15, 0.2) is 66.9 Å². The smallest absolute Gasteiger partial charge is 0.407 e. The van der Waals surface area contributed by atoms with Gasteiger partial charge in [0.05, 0.1) is 23.3 Å². The molecule has 1 aliphatic carbocycles. The summed E-state index contributed by atoms with van der Waals surface area (Å²) in [7, 11) is 0. The highest BCUT2D eigenvalue weighted by Gasteiger charge is 2.33. The van der Waals surface area contributed by atoms with E-state index in [9.17, 15) is 9.59 Å². The van der Waals surface area contributed by atoms with Crippen LogP contribution in [-0.4, -0.2) is 39.7 Å². The van der Waals surface area contributed by atoms with Crippen molar-refractivity contribution in [2.24, 2.45) is 5.92 Å². The number of benzene rings is 2. The largest absolute Gasteiger partial charge is 0.449 e. The maximum atomic E-state index is 13.6. The van der Waals surface area contributed by atoms with Crippen molar-refractivity contribution in [3.8, 4) is 0 Å². The molecule has 8 heteroatoms. The highest BCUT2D eigenvalue weighted by molar-refractivity contribution is 6.35. The number of hydrogen-bond acceptors (Lipinski definition) is 4. The first-order valence-electron chi connectivity index (χ1n) is 11.3. The van der Waals surface area contributed by atoms with Gasteiger partial charge in [0.15, 0.2) is 0 Å². The zero-order chi connectivity index (χ0) is 23.5. The van der Waals surface area contributed by atoms with Crippen molar-refractivity contribution in [3.05, 3.63) is 88.6 Å². The molecule has 5 rings (SSSR count). The lowest BCUT2D eigenvalue weighted by Crippen LogP contribution is -2.48. The van der Waals surface area contributed by atoms with E-state index in [-0.39, 0.29) is 18.4 Å². The number of allylic oxidation sites excluding steroid dienone is 3. The fourth-order valence-corrected chi connectivity index (χ4v) is 4.80. The van der Waals surface area contributed by atoms with Gasteiger partial charge in [-0.15, -0.1) is 0 Å². The average molecular weight is 477 g/mol. The molecule has 2 N–H and O–H groups in total. The Bertz CT molecular complexity index is 1270. The van der Waals surface area contributed by atoms with Crippen LogP contribution < -0.4 is 5.32 Å². The number of aromatic amines is 1. The Labute approximate surface area is 202 Å². The van der Waals surface area contributed by atoms with E-state index in [0.29, 0.717) is 24.5 Å². The standard InChI is InChI=1S/C26H25ClN4O3/c27-22-11-19-12-23(29-26(33)34-16-18-9-5-2-6-10-18)25(32)31(14-17-7-3-1-4-8-17)15-21(19)20-13-28-30-24(20)22/h1-9,11,13,18,23H,10,12,14-16H2,(H,28,30)(H,29,33)/t18?,23-/m1/s1. The first-order valence-corrected chi connectivity index (χ1v) is 11.7. The summed E-state index contributed by atoms with van der Waals surface area (Å²) < 4.78 is 5.45. The number of hydrogen-bond donors (Lipinski definition) is 2. The number of halogens is 1. The summed E-state index contributed by atoms with van der Waals surface area (Å²) in [5, 5.41) is 11.3. The summed E-state index contributed by atoms with van der Waals surface area (Å²) in [6, 6.07) is 10.9. The minimum absolute atomic E-state index is 0.143. The quantitative estimate of drug-likeness (QED) is 0.566. The van der Waals surface area contributed by atoms with E-state index in [1.807, 2.05) is 60.7 Å². The molecule has 3 aromatic rings. The minimum atomic E-state index is -0.764. The zero-order valence-corrected chi connectivity index (χ0v) is 19.3. The van der Waals surface area contributed by atoms with Crippen molar-refractivity contribution < 1.29 is 14.3 Å². The number of H-pyrrole nitrogens is 1. The molecule has 0 saturated heterocycles. The van der Waals surface area contributed by atoms with E-state index in [4.69, 9.17) is 16.3 Å². The van der Waals surface area contributed by atoms with E-state index in [1.54, 1.807) is 11.1 Å². The fourth-order valence-electron chi connectivity index (χ4n) is 4.52. The summed E-state index contributed by atoms with van der Waals surface area (Å²) in [4.78, 5) is 28.0. The molecule has 34 heavy (non-hydrogen) atoms. The number of nitrogens with zero attached hydrogens (tertiary/aromatic N) is 2. The third kappa shape index (κ3) is 4.70. The topological polar surface area (TPSA) is 87.3 Å². The number of amides is 2. The number of alkyl carbamates (subject to hydrolysis) is 1. The van der Waals surface area contributed by atoms with Gasteiger partial charge in [-0.1, -0.05) is 66.2 Å². The van der Waals surface area contributed by atoms with E-state index in [1.165, 1.54) is 0 Å². The van der Waals surface area contributed by atoms with Gasteiger partial charge >= 0.3 is 6.09 Å². The summed E-state index contributed by atoms with van der Waals surface area (Å²) in [5.41, 5.74) is 3.64. The second-order valence-electron chi connectivity index (χ2n) is 8.64. The molecule has 0 radical (unpaired) electrons. The lowest BCUT2D eigenvalue weighted by Gasteiger charge is -2.25. The van der Waals surface area contributed by atoms with Crippen molar-refractivity contribution >= 4 is 34.5 Å². The van der Waals surface area contributed by atoms with Gasteiger partial charge in [-0.05, 0) is 29.2 Å². The molecule has 2 aliphatic rings. The Morgan fingerprint density at radius 2 is 2.12 bits per heavy atom. The van der Waals surface area contributed by atoms with Crippen molar-refractivity contribution in [1.82, 2.24) is 20.4 Å². The van der Waals surface area contributed by atoms with Crippen LogP contribution in [0.5, 0.6) is 0 Å². The molecule has 0 spiro atoms. The Kier molecular flexibility index (Phi) is 6.36. The third-order valence-corrected chi connectivity index (χ3v) is 6.58. The summed E-state index contributed by atoms with van der Waals surface area (Å²) >= 11 is 6.49. The van der Waals surface area contributed by atoms with Gasteiger partial charge in [0.25, 0.3) is 0 Å². The Morgan fingerprint density at radius 1 is 1.26 bits per heavy atom. The number of rotatable bonds is 5. The highest BCUT2D eigenvalue weighted by atomic mass is 35.5. The molecule has 0 fully saturated rings. The summed E-state index contributed by atoms with van der Waals surface area (Å²) in [5.74, 6) is -0.0191. The Balaban J connectivity index is 1.40. The lowest BCUT2D eigenvalue weighted by molar-refractivity contribution is -0.134. The molecule has 1 aromatic heterocycles. The normalized spacial score (nSPS) is 19.7. The molecule has 0 bridgehead atoms. The molecular weight excluding hydrogens is 452 g/mol. The predicted octanol–water partition coefficient (Wildman–Crippen LogP) is 4.53. The van der Waals surface area contributed by atoms with Gasteiger partial charge in [0.2, 0.25) is 5.91 Å². The third-order valence-electron chi connectivity index (χ3n) is 6.28. The maximum Gasteiger partial charge on any atom is 0.407 e.